The molecule has 1 amide bonds. The van der Waals surface area contributed by atoms with Crippen molar-refractivity contribution in [2.75, 3.05) is 36.3 Å². The zero-order valence-corrected chi connectivity index (χ0v) is 17.6. The molecule has 0 radical (unpaired) electrons. The first-order valence-corrected chi connectivity index (χ1v) is 11.3. The summed E-state index contributed by atoms with van der Waals surface area (Å²) < 4.78 is 31.2. The number of benzene rings is 2. The largest absolute Gasteiger partial charge is 0.379 e. The molecule has 0 atom stereocenters. The first kappa shape index (κ1) is 21.0. The number of anilines is 2. The number of hydrogen-bond acceptors (Lipinski definition) is 6. The zero-order chi connectivity index (χ0) is 21.8. The van der Waals surface area contributed by atoms with E-state index in [0.29, 0.717) is 22.3 Å². The highest BCUT2D eigenvalue weighted by atomic mass is 32.2. The first-order chi connectivity index (χ1) is 14.9. The summed E-state index contributed by atoms with van der Waals surface area (Å²) in [5.74, 6) is -0.393. The van der Waals surface area contributed by atoms with E-state index in [1.807, 2.05) is 24.3 Å². The molecule has 1 fully saturated rings. The summed E-state index contributed by atoms with van der Waals surface area (Å²) >= 11 is 0. The summed E-state index contributed by atoms with van der Waals surface area (Å²) in [4.78, 5) is 15.1. The van der Waals surface area contributed by atoms with Crippen LogP contribution in [0.4, 0.5) is 11.4 Å². The lowest BCUT2D eigenvalue weighted by Crippen LogP contribution is -2.35. The number of hydrogen-bond donors (Lipinski definition) is 3. The van der Waals surface area contributed by atoms with Gasteiger partial charge in [-0.1, -0.05) is 18.7 Å². The average Bonchev–Trinajstić information content (AvgIpc) is 3.19. The highest BCUT2D eigenvalue weighted by Crippen LogP contribution is 2.23. The molecule has 0 unspecified atom stereocenters. The van der Waals surface area contributed by atoms with Gasteiger partial charge in [0.05, 0.1) is 18.7 Å². The molecular formula is C21H23N5O4S. The van der Waals surface area contributed by atoms with Crippen LogP contribution in [0, 0.1) is 0 Å². The number of H-pyrrole nitrogens is 1. The quantitative estimate of drug-likeness (QED) is 0.519. The highest BCUT2D eigenvalue weighted by Gasteiger charge is 2.16. The number of aromatic amines is 1. The van der Waals surface area contributed by atoms with Crippen LogP contribution in [0.2, 0.25) is 0 Å². The van der Waals surface area contributed by atoms with Crippen molar-refractivity contribution in [1.82, 2.24) is 15.1 Å². The fourth-order valence-electron chi connectivity index (χ4n) is 3.36. The van der Waals surface area contributed by atoms with Gasteiger partial charge in [0.25, 0.3) is 15.9 Å². The van der Waals surface area contributed by atoms with Gasteiger partial charge < -0.3 is 10.1 Å². The molecule has 3 aromatic rings. The normalized spacial score (nSPS) is 15.0. The minimum Gasteiger partial charge on any atom is -0.379 e. The number of morpholine rings is 1. The van der Waals surface area contributed by atoms with Crippen LogP contribution in [0.15, 0.2) is 54.5 Å². The monoisotopic (exact) mass is 441 g/mol. The Morgan fingerprint density at radius 2 is 1.87 bits per heavy atom. The predicted octanol–water partition coefficient (Wildman–Crippen LogP) is 2.53. The minimum atomic E-state index is -3.65. The van der Waals surface area contributed by atoms with Crippen LogP contribution in [-0.4, -0.2) is 55.7 Å². The SMILES string of the molecule is C=CS(=O)(=O)Nc1ccc2[nH]nc(C(=O)Nc3ccc(CN4CCOCC4)cc3)c2c1. The lowest BCUT2D eigenvalue weighted by Gasteiger charge is -2.26. The molecule has 9 nitrogen and oxygen atoms in total. The van der Waals surface area contributed by atoms with E-state index < -0.39 is 15.9 Å². The lowest BCUT2D eigenvalue weighted by atomic mass is 10.1. The molecule has 31 heavy (non-hydrogen) atoms. The smallest absolute Gasteiger partial charge is 0.276 e. The molecule has 1 aliphatic heterocycles. The van der Waals surface area contributed by atoms with Gasteiger partial charge in [0, 0.05) is 41.8 Å². The predicted molar refractivity (Wildman–Crippen MR) is 119 cm³/mol. The second-order valence-electron chi connectivity index (χ2n) is 7.19. The number of aromatic nitrogens is 2. The van der Waals surface area contributed by atoms with Gasteiger partial charge in [0.15, 0.2) is 5.69 Å². The van der Waals surface area contributed by atoms with Gasteiger partial charge in [0.1, 0.15) is 0 Å². The van der Waals surface area contributed by atoms with Crippen molar-refractivity contribution in [2.45, 2.75) is 6.54 Å². The van der Waals surface area contributed by atoms with Crippen molar-refractivity contribution in [3.8, 4) is 0 Å². The Morgan fingerprint density at radius 3 is 2.58 bits per heavy atom. The molecule has 1 aliphatic rings. The molecule has 0 aliphatic carbocycles. The van der Waals surface area contributed by atoms with Gasteiger partial charge in [-0.3, -0.25) is 19.5 Å². The summed E-state index contributed by atoms with van der Waals surface area (Å²) in [5.41, 5.74) is 2.91. The summed E-state index contributed by atoms with van der Waals surface area (Å²) in [5, 5.41) is 11.0. The Morgan fingerprint density at radius 1 is 1.16 bits per heavy atom. The van der Waals surface area contributed by atoms with E-state index in [2.05, 4.69) is 31.7 Å². The third kappa shape index (κ3) is 5.10. The van der Waals surface area contributed by atoms with Gasteiger partial charge >= 0.3 is 0 Å². The van der Waals surface area contributed by atoms with Crippen molar-refractivity contribution >= 4 is 38.2 Å². The van der Waals surface area contributed by atoms with Gasteiger partial charge in [-0.25, -0.2) is 8.42 Å². The zero-order valence-electron chi connectivity index (χ0n) is 16.8. The molecular weight excluding hydrogens is 418 g/mol. The third-order valence-electron chi connectivity index (χ3n) is 4.98. The maximum absolute atomic E-state index is 12.8. The molecule has 1 saturated heterocycles. The van der Waals surface area contributed by atoms with Crippen molar-refractivity contribution in [3.63, 3.8) is 0 Å². The number of sulfonamides is 1. The number of fused-ring (bicyclic) bond motifs is 1. The van der Waals surface area contributed by atoms with E-state index >= 15 is 0 Å². The molecule has 2 heterocycles. The van der Waals surface area contributed by atoms with Crippen LogP contribution in [0.1, 0.15) is 16.1 Å². The fraction of sp³-hybridized carbons (Fsp3) is 0.238. The molecule has 0 saturated carbocycles. The van der Waals surface area contributed by atoms with E-state index in [9.17, 15) is 13.2 Å². The number of amides is 1. The Kier molecular flexibility index (Phi) is 6.03. The van der Waals surface area contributed by atoms with Crippen molar-refractivity contribution in [3.05, 3.63) is 65.7 Å². The van der Waals surface area contributed by atoms with E-state index in [1.54, 1.807) is 18.2 Å². The number of carbonyl (C=O) groups excluding carboxylic acids is 1. The van der Waals surface area contributed by atoms with Crippen LogP contribution >= 0.6 is 0 Å². The van der Waals surface area contributed by atoms with Crippen LogP contribution in [-0.2, 0) is 21.3 Å². The van der Waals surface area contributed by atoms with Crippen LogP contribution in [0.5, 0.6) is 0 Å². The van der Waals surface area contributed by atoms with Crippen molar-refractivity contribution in [1.29, 1.82) is 0 Å². The minimum absolute atomic E-state index is 0.173. The Labute approximate surface area is 180 Å². The van der Waals surface area contributed by atoms with Crippen molar-refractivity contribution in [2.24, 2.45) is 0 Å². The highest BCUT2D eigenvalue weighted by molar-refractivity contribution is 7.95. The summed E-state index contributed by atoms with van der Waals surface area (Å²) in [6.45, 7) is 7.44. The topological polar surface area (TPSA) is 116 Å². The van der Waals surface area contributed by atoms with Gasteiger partial charge in [0.2, 0.25) is 0 Å². The maximum atomic E-state index is 12.8. The molecule has 3 N–H and O–H groups in total. The van der Waals surface area contributed by atoms with Crippen LogP contribution in [0.25, 0.3) is 10.9 Å². The van der Waals surface area contributed by atoms with Crippen LogP contribution < -0.4 is 10.0 Å². The van der Waals surface area contributed by atoms with E-state index in [4.69, 9.17) is 4.74 Å². The maximum Gasteiger partial charge on any atom is 0.276 e. The van der Waals surface area contributed by atoms with Gasteiger partial charge in [-0.2, -0.15) is 5.10 Å². The molecule has 10 heteroatoms. The number of nitrogens with zero attached hydrogens (tertiary/aromatic N) is 2. The van der Waals surface area contributed by atoms with Crippen molar-refractivity contribution < 1.29 is 17.9 Å². The molecule has 0 spiro atoms. The molecule has 162 valence electrons. The van der Waals surface area contributed by atoms with Crippen LogP contribution in [0.3, 0.4) is 0 Å². The molecule has 1 aromatic heterocycles. The molecule has 0 bridgehead atoms. The number of rotatable bonds is 7. The Balaban J connectivity index is 1.47. The number of ether oxygens (including phenoxy) is 1. The summed E-state index contributed by atoms with van der Waals surface area (Å²) in [6.07, 6.45) is 0. The van der Waals surface area contributed by atoms with E-state index in [1.165, 1.54) is 0 Å². The number of nitrogens with one attached hydrogen (secondary N) is 3. The molecule has 2 aromatic carbocycles. The summed E-state index contributed by atoms with van der Waals surface area (Å²) in [6, 6.07) is 12.5. The Hall–Kier alpha value is -3.21. The van der Waals surface area contributed by atoms with E-state index in [0.717, 1.165) is 43.8 Å². The second kappa shape index (κ2) is 8.88. The Bertz CT molecular complexity index is 1200. The fourth-order valence-corrected chi connectivity index (χ4v) is 3.90. The van der Waals surface area contributed by atoms with Gasteiger partial charge in [-0.15, -0.1) is 0 Å². The summed E-state index contributed by atoms with van der Waals surface area (Å²) in [7, 11) is -3.65. The molecule has 4 rings (SSSR count). The third-order valence-corrected chi connectivity index (χ3v) is 5.94. The number of carbonyl (C=O) groups is 1. The van der Waals surface area contributed by atoms with Gasteiger partial charge in [-0.05, 0) is 35.9 Å². The van der Waals surface area contributed by atoms with E-state index in [-0.39, 0.29) is 5.69 Å². The first-order valence-electron chi connectivity index (χ1n) is 9.77. The standard InChI is InChI=1S/C21H23N5O4S/c1-2-31(28,29)25-17-7-8-19-18(13-17)20(24-23-19)21(27)22-16-5-3-15(4-6-16)14-26-9-11-30-12-10-26/h2-8,13,25H,1,9-12,14H2,(H,22,27)(H,23,24). The lowest BCUT2D eigenvalue weighted by molar-refractivity contribution is 0.0342. The second-order valence-corrected chi connectivity index (χ2v) is 8.81. The average molecular weight is 442 g/mol.